The van der Waals surface area contributed by atoms with Gasteiger partial charge in [-0.2, -0.15) is 0 Å². The molecule has 0 heteroatoms. The second kappa shape index (κ2) is 6.18. The first-order chi connectivity index (χ1) is 14.3. The van der Waals surface area contributed by atoms with Crippen LogP contribution in [0.15, 0.2) is 103 Å². The number of aryl methyl sites for hydroxylation is 1. The van der Waals surface area contributed by atoms with Gasteiger partial charge in [-0.05, 0) is 72.8 Å². The van der Waals surface area contributed by atoms with E-state index in [-0.39, 0.29) is 0 Å². The van der Waals surface area contributed by atoms with E-state index in [0.717, 1.165) is 0 Å². The minimum atomic E-state index is 1.28. The monoisotopic (exact) mass is 368 g/mol. The summed E-state index contributed by atoms with van der Waals surface area (Å²) in [5, 5.41) is 10.5. The first kappa shape index (κ1) is 16.3. The van der Waals surface area contributed by atoms with E-state index in [9.17, 15) is 0 Å². The Hall–Kier alpha value is -3.64. The second-order valence-corrected chi connectivity index (χ2v) is 7.81. The lowest BCUT2D eigenvalue weighted by molar-refractivity contribution is 1.58. The maximum Gasteiger partial charge on any atom is -0.00264 e. The van der Waals surface area contributed by atoms with Crippen LogP contribution in [0.1, 0.15) is 5.56 Å². The molecule has 0 spiro atoms. The van der Waals surface area contributed by atoms with Gasteiger partial charge in [-0.15, -0.1) is 0 Å². The summed E-state index contributed by atoms with van der Waals surface area (Å²) in [6.45, 7) is 2.24. The second-order valence-electron chi connectivity index (χ2n) is 7.81. The largest absolute Gasteiger partial charge is 0.0616 e. The highest BCUT2D eigenvalue weighted by atomic mass is 14.2. The van der Waals surface area contributed by atoms with Gasteiger partial charge in [0.25, 0.3) is 0 Å². The summed E-state index contributed by atoms with van der Waals surface area (Å²) < 4.78 is 0. The summed E-state index contributed by atoms with van der Waals surface area (Å²) in [7, 11) is 0. The van der Waals surface area contributed by atoms with Gasteiger partial charge in [0.15, 0.2) is 0 Å². The van der Waals surface area contributed by atoms with Crippen molar-refractivity contribution in [2.45, 2.75) is 6.92 Å². The standard InChI is InChI=1S/C29H20/c1-19-23-9-4-6-12-26(23)29(27-13-7-5-10-24(19)27)22-17-16-21-15-14-20-8-2-3-11-25(20)28(21)18-22/h2-18H,1H3. The van der Waals surface area contributed by atoms with Crippen molar-refractivity contribution in [3.63, 3.8) is 0 Å². The van der Waals surface area contributed by atoms with Crippen LogP contribution in [-0.2, 0) is 0 Å². The van der Waals surface area contributed by atoms with Gasteiger partial charge < -0.3 is 0 Å². The molecule has 6 rings (SSSR count). The highest BCUT2D eigenvalue weighted by molar-refractivity contribution is 6.16. The Morgan fingerprint density at radius 2 is 0.897 bits per heavy atom. The van der Waals surface area contributed by atoms with Crippen LogP contribution >= 0.6 is 0 Å². The molecule has 0 bridgehead atoms. The molecule has 0 radical (unpaired) electrons. The zero-order chi connectivity index (χ0) is 19.4. The van der Waals surface area contributed by atoms with Crippen LogP contribution in [-0.4, -0.2) is 0 Å². The SMILES string of the molecule is Cc1c2ccccc2c(-c2ccc3ccc4ccccc4c3c2)c2ccccc12. The molecule has 0 aromatic heterocycles. The summed E-state index contributed by atoms with van der Waals surface area (Å²) in [5.41, 5.74) is 3.96. The lowest BCUT2D eigenvalue weighted by atomic mass is 9.88. The molecule has 0 aliphatic rings. The highest BCUT2D eigenvalue weighted by Gasteiger charge is 2.13. The molecule has 29 heavy (non-hydrogen) atoms. The van der Waals surface area contributed by atoms with Gasteiger partial charge in [0.2, 0.25) is 0 Å². The topological polar surface area (TPSA) is 0 Å². The van der Waals surface area contributed by atoms with Crippen molar-refractivity contribution in [2.75, 3.05) is 0 Å². The number of fused-ring (bicyclic) bond motifs is 5. The molecule has 0 N–H and O–H groups in total. The van der Waals surface area contributed by atoms with E-state index in [0.29, 0.717) is 0 Å². The van der Waals surface area contributed by atoms with Crippen molar-refractivity contribution >= 4 is 43.1 Å². The van der Waals surface area contributed by atoms with Gasteiger partial charge in [0, 0.05) is 0 Å². The maximum atomic E-state index is 2.38. The van der Waals surface area contributed by atoms with E-state index in [1.165, 1.54) is 59.8 Å². The molecular weight excluding hydrogens is 348 g/mol. The molecule has 6 aromatic carbocycles. The molecule has 6 aromatic rings. The predicted octanol–water partition coefficient (Wildman–Crippen LogP) is 8.27. The van der Waals surface area contributed by atoms with Crippen LogP contribution in [0.4, 0.5) is 0 Å². The van der Waals surface area contributed by atoms with Gasteiger partial charge in [-0.25, -0.2) is 0 Å². The molecule has 0 fully saturated rings. The molecule has 136 valence electrons. The third kappa shape index (κ3) is 2.39. The van der Waals surface area contributed by atoms with Crippen molar-refractivity contribution in [3.8, 4) is 11.1 Å². The summed E-state index contributed by atoms with van der Waals surface area (Å²) in [6.07, 6.45) is 0. The normalized spacial score (nSPS) is 11.6. The summed E-state index contributed by atoms with van der Waals surface area (Å²) in [6, 6.07) is 37.6. The summed E-state index contributed by atoms with van der Waals surface area (Å²) in [4.78, 5) is 0. The van der Waals surface area contributed by atoms with E-state index in [1.807, 2.05) is 0 Å². The van der Waals surface area contributed by atoms with Crippen molar-refractivity contribution < 1.29 is 0 Å². The lowest BCUT2D eigenvalue weighted by Gasteiger charge is -2.16. The minimum Gasteiger partial charge on any atom is -0.0616 e. The Labute approximate surface area is 170 Å². The molecule has 0 nitrogen and oxygen atoms in total. The van der Waals surface area contributed by atoms with Crippen molar-refractivity contribution in [3.05, 3.63) is 109 Å². The number of hydrogen-bond donors (Lipinski definition) is 0. The van der Waals surface area contributed by atoms with E-state index in [1.54, 1.807) is 0 Å². The fourth-order valence-electron chi connectivity index (χ4n) is 4.81. The van der Waals surface area contributed by atoms with Gasteiger partial charge in [0.05, 0.1) is 0 Å². The van der Waals surface area contributed by atoms with Gasteiger partial charge in [-0.1, -0.05) is 97.1 Å². The molecular formula is C29H20. The average molecular weight is 368 g/mol. The third-order valence-electron chi connectivity index (χ3n) is 6.24. The van der Waals surface area contributed by atoms with Crippen LogP contribution < -0.4 is 0 Å². The fourth-order valence-corrected chi connectivity index (χ4v) is 4.81. The molecule has 0 unspecified atom stereocenters. The van der Waals surface area contributed by atoms with Crippen LogP contribution in [0.2, 0.25) is 0 Å². The predicted molar refractivity (Wildman–Crippen MR) is 127 cm³/mol. The van der Waals surface area contributed by atoms with Crippen molar-refractivity contribution in [1.29, 1.82) is 0 Å². The Morgan fingerprint density at radius 1 is 0.414 bits per heavy atom. The Kier molecular flexibility index (Phi) is 3.48. The van der Waals surface area contributed by atoms with E-state index < -0.39 is 0 Å². The van der Waals surface area contributed by atoms with Crippen LogP contribution in [0, 0.1) is 6.92 Å². The smallest absolute Gasteiger partial charge is 0.00264 e. The van der Waals surface area contributed by atoms with Crippen molar-refractivity contribution in [2.24, 2.45) is 0 Å². The third-order valence-corrected chi connectivity index (χ3v) is 6.24. The van der Waals surface area contributed by atoms with Gasteiger partial charge in [-0.3, -0.25) is 0 Å². The average Bonchev–Trinajstić information content (AvgIpc) is 2.79. The van der Waals surface area contributed by atoms with E-state index in [4.69, 9.17) is 0 Å². The first-order valence-corrected chi connectivity index (χ1v) is 10.1. The number of rotatable bonds is 1. The van der Waals surface area contributed by atoms with Crippen LogP contribution in [0.3, 0.4) is 0 Å². The van der Waals surface area contributed by atoms with E-state index in [2.05, 4.69) is 110 Å². The first-order valence-electron chi connectivity index (χ1n) is 10.1. The molecule has 0 atom stereocenters. The number of benzene rings is 6. The maximum absolute atomic E-state index is 2.38. The molecule has 0 aliphatic carbocycles. The lowest BCUT2D eigenvalue weighted by Crippen LogP contribution is -1.89. The quantitative estimate of drug-likeness (QED) is 0.202. The summed E-state index contributed by atoms with van der Waals surface area (Å²) >= 11 is 0. The zero-order valence-electron chi connectivity index (χ0n) is 16.3. The van der Waals surface area contributed by atoms with Crippen LogP contribution in [0.5, 0.6) is 0 Å². The van der Waals surface area contributed by atoms with Gasteiger partial charge in [0.1, 0.15) is 0 Å². The molecule has 0 saturated heterocycles. The Bertz CT molecular complexity index is 1500. The molecule has 0 heterocycles. The van der Waals surface area contributed by atoms with E-state index >= 15 is 0 Å². The Morgan fingerprint density at radius 3 is 1.55 bits per heavy atom. The number of hydrogen-bond acceptors (Lipinski definition) is 0. The van der Waals surface area contributed by atoms with Gasteiger partial charge >= 0.3 is 0 Å². The molecule has 0 amide bonds. The zero-order valence-corrected chi connectivity index (χ0v) is 16.3. The fraction of sp³-hybridized carbons (Fsp3) is 0.0345. The highest BCUT2D eigenvalue weighted by Crippen LogP contribution is 2.40. The van der Waals surface area contributed by atoms with Crippen molar-refractivity contribution in [1.82, 2.24) is 0 Å². The Balaban J connectivity index is 1.79. The summed E-state index contributed by atoms with van der Waals surface area (Å²) in [5.74, 6) is 0. The minimum absolute atomic E-state index is 1.28. The van der Waals surface area contributed by atoms with Crippen LogP contribution in [0.25, 0.3) is 54.2 Å². The molecule has 0 saturated carbocycles. The molecule has 0 aliphatic heterocycles.